The van der Waals surface area contributed by atoms with Gasteiger partial charge in [-0.15, -0.1) is 0 Å². The highest BCUT2D eigenvalue weighted by Gasteiger charge is 2.49. The molecule has 3 aromatic carbocycles. The van der Waals surface area contributed by atoms with Crippen LogP contribution in [0, 0.1) is 0 Å². The monoisotopic (exact) mass is 471 g/mol. The molecule has 0 aliphatic heterocycles. The van der Waals surface area contributed by atoms with E-state index in [0.717, 1.165) is 0 Å². The molecule has 0 aliphatic rings. The quantitative estimate of drug-likeness (QED) is 0.329. The number of methoxy groups -OCH3 is 1. The number of hydrogen-bond donors (Lipinski definition) is 0. The number of nitrogens with zero attached hydrogens (tertiary/aromatic N) is 1. The van der Waals surface area contributed by atoms with Gasteiger partial charge >= 0.3 is 18.1 Å². The Hall–Kier alpha value is -4.14. The molecular formula is C25H20F3NO5. The van der Waals surface area contributed by atoms with E-state index in [2.05, 4.69) is 4.99 Å². The molecule has 1 atom stereocenters. The third-order valence-electron chi connectivity index (χ3n) is 4.52. The molecule has 0 spiro atoms. The van der Waals surface area contributed by atoms with Gasteiger partial charge in [-0.25, -0.2) is 14.6 Å². The molecule has 0 fully saturated rings. The van der Waals surface area contributed by atoms with Crippen molar-refractivity contribution < 1.29 is 37.0 Å². The number of esters is 2. The van der Waals surface area contributed by atoms with Crippen LogP contribution in [0.15, 0.2) is 89.9 Å². The SMILES string of the molecule is COc1ccc(N=C(C(=O)OCc2ccccc2)C(OC(=O)c2ccccc2)C(F)(F)F)cc1. The number of carbonyl (C=O) groups excluding carboxylic acids is 2. The fraction of sp³-hybridized carbons (Fsp3) is 0.160. The van der Waals surface area contributed by atoms with Crippen LogP contribution >= 0.6 is 0 Å². The van der Waals surface area contributed by atoms with Crippen molar-refractivity contribution in [3.05, 3.63) is 96.1 Å². The van der Waals surface area contributed by atoms with Gasteiger partial charge in [-0.1, -0.05) is 48.5 Å². The highest BCUT2D eigenvalue weighted by molar-refractivity contribution is 6.39. The third-order valence-corrected chi connectivity index (χ3v) is 4.52. The van der Waals surface area contributed by atoms with Crippen LogP contribution in [0.3, 0.4) is 0 Å². The summed E-state index contributed by atoms with van der Waals surface area (Å²) in [5.41, 5.74) is -0.655. The molecule has 176 valence electrons. The maximum absolute atomic E-state index is 14.0. The lowest BCUT2D eigenvalue weighted by Gasteiger charge is -2.21. The van der Waals surface area contributed by atoms with E-state index in [1.807, 2.05) is 0 Å². The topological polar surface area (TPSA) is 74.2 Å². The van der Waals surface area contributed by atoms with E-state index in [0.29, 0.717) is 11.3 Å². The molecule has 6 nitrogen and oxygen atoms in total. The van der Waals surface area contributed by atoms with E-state index < -0.39 is 29.9 Å². The van der Waals surface area contributed by atoms with Gasteiger partial charge in [0, 0.05) is 0 Å². The maximum Gasteiger partial charge on any atom is 0.431 e. The molecule has 0 saturated heterocycles. The number of halogens is 3. The van der Waals surface area contributed by atoms with Gasteiger partial charge < -0.3 is 14.2 Å². The second kappa shape index (κ2) is 11.1. The van der Waals surface area contributed by atoms with Crippen molar-refractivity contribution in [2.24, 2.45) is 4.99 Å². The Kier molecular flexibility index (Phi) is 8.02. The lowest BCUT2D eigenvalue weighted by molar-refractivity contribution is -0.184. The first kappa shape index (κ1) is 24.5. The summed E-state index contributed by atoms with van der Waals surface area (Å²) >= 11 is 0. The average Bonchev–Trinajstić information content (AvgIpc) is 2.85. The van der Waals surface area contributed by atoms with Gasteiger partial charge in [-0.2, -0.15) is 13.2 Å². The van der Waals surface area contributed by atoms with Crippen LogP contribution < -0.4 is 4.74 Å². The van der Waals surface area contributed by atoms with E-state index in [4.69, 9.17) is 14.2 Å². The Morgan fingerprint density at radius 2 is 1.47 bits per heavy atom. The van der Waals surface area contributed by atoms with Crippen molar-refractivity contribution in [2.75, 3.05) is 7.11 Å². The van der Waals surface area contributed by atoms with Gasteiger partial charge in [0.05, 0.1) is 18.4 Å². The fourth-order valence-electron chi connectivity index (χ4n) is 2.83. The second-order valence-electron chi connectivity index (χ2n) is 6.95. The Bertz CT molecular complexity index is 1130. The zero-order valence-corrected chi connectivity index (χ0v) is 18.0. The van der Waals surface area contributed by atoms with Crippen LogP contribution in [0.4, 0.5) is 18.9 Å². The van der Waals surface area contributed by atoms with Crippen molar-refractivity contribution in [3.8, 4) is 5.75 Å². The van der Waals surface area contributed by atoms with Crippen molar-refractivity contribution in [3.63, 3.8) is 0 Å². The molecule has 0 heterocycles. The van der Waals surface area contributed by atoms with Gasteiger partial charge in [0.1, 0.15) is 12.4 Å². The minimum absolute atomic E-state index is 0.0115. The predicted molar refractivity (Wildman–Crippen MR) is 118 cm³/mol. The minimum atomic E-state index is -5.14. The lowest BCUT2D eigenvalue weighted by atomic mass is 10.1. The molecule has 9 heteroatoms. The Labute approximate surface area is 193 Å². The van der Waals surface area contributed by atoms with Crippen molar-refractivity contribution in [2.45, 2.75) is 18.9 Å². The predicted octanol–water partition coefficient (Wildman–Crippen LogP) is 5.30. The van der Waals surface area contributed by atoms with E-state index in [1.165, 1.54) is 55.6 Å². The number of carbonyl (C=O) groups is 2. The first-order chi connectivity index (χ1) is 16.3. The van der Waals surface area contributed by atoms with E-state index in [-0.39, 0.29) is 17.9 Å². The molecular weight excluding hydrogens is 451 g/mol. The summed E-state index contributed by atoms with van der Waals surface area (Å²) in [6.07, 6.45) is -8.09. The van der Waals surface area contributed by atoms with Gasteiger partial charge in [0.25, 0.3) is 0 Å². The van der Waals surface area contributed by atoms with E-state index in [9.17, 15) is 22.8 Å². The van der Waals surface area contributed by atoms with Crippen LogP contribution in [0.5, 0.6) is 5.75 Å². The van der Waals surface area contributed by atoms with Crippen LogP contribution in [-0.2, 0) is 20.9 Å². The van der Waals surface area contributed by atoms with Crippen LogP contribution in [0.2, 0.25) is 0 Å². The lowest BCUT2D eigenvalue weighted by Crippen LogP contribution is -2.44. The van der Waals surface area contributed by atoms with Crippen LogP contribution in [-0.4, -0.2) is 37.0 Å². The Balaban J connectivity index is 1.95. The molecule has 0 saturated carbocycles. The Morgan fingerprint density at radius 1 is 0.882 bits per heavy atom. The van der Waals surface area contributed by atoms with Gasteiger partial charge in [-0.05, 0) is 42.0 Å². The summed E-state index contributed by atoms with van der Waals surface area (Å²) in [7, 11) is 1.42. The summed E-state index contributed by atoms with van der Waals surface area (Å²) < 4.78 is 56.9. The number of benzene rings is 3. The standard InChI is InChI=1S/C25H20F3NO5/c1-32-20-14-12-19(13-15-20)29-21(24(31)33-16-17-8-4-2-5-9-17)22(25(26,27)28)34-23(30)18-10-6-3-7-11-18/h2-15,22H,16H2,1H3. The van der Waals surface area contributed by atoms with Gasteiger partial charge in [0.2, 0.25) is 6.10 Å². The maximum atomic E-state index is 14.0. The molecule has 34 heavy (non-hydrogen) atoms. The molecule has 1 unspecified atom stereocenters. The Morgan fingerprint density at radius 3 is 2.03 bits per heavy atom. The summed E-state index contributed by atoms with van der Waals surface area (Å²) in [5, 5.41) is 0. The smallest absolute Gasteiger partial charge is 0.431 e. The number of aliphatic imine (C=N–C) groups is 1. The van der Waals surface area contributed by atoms with Crippen molar-refractivity contribution in [1.29, 1.82) is 0 Å². The molecule has 0 aromatic heterocycles. The van der Waals surface area contributed by atoms with Gasteiger partial charge in [0.15, 0.2) is 5.71 Å². The first-order valence-electron chi connectivity index (χ1n) is 10.0. The molecule has 0 radical (unpaired) electrons. The van der Waals surface area contributed by atoms with E-state index in [1.54, 1.807) is 36.4 Å². The fourth-order valence-corrected chi connectivity index (χ4v) is 2.83. The van der Waals surface area contributed by atoms with Gasteiger partial charge in [-0.3, -0.25) is 0 Å². The minimum Gasteiger partial charge on any atom is -0.497 e. The number of ether oxygens (including phenoxy) is 3. The largest absolute Gasteiger partial charge is 0.497 e. The van der Waals surface area contributed by atoms with Crippen molar-refractivity contribution >= 4 is 23.3 Å². The third kappa shape index (κ3) is 6.68. The summed E-state index contributed by atoms with van der Waals surface area (Å²) in [4.78, 5) is 29.0. The summed E-state index contributed by atoms with van der Waals surface area (Å²) in [6, 6.07) is 21.2. The highest BCUT2D eigenvalue weighted by atomic mass is 19.4. The number of hydrogen-bond acceptors (Lipinski definition) is 6. The zero-order valence-electron chi connectivity index (χ0n) is 18.0. The van der Waals surface area contributed by atoms with Crippen LogP contribution in [0.25, 0.3) is 0 Å². The zero-order chi connectivity index (χ0) is 24.6. The molecule has 0 aliphatic carbocycles. The second-order valence-corrected chi connectivity index (χ2v) is 6.95. The van der Waals surface area contributed by atoms with E-state index >= 15 is 0 Å². The molecule has 0 bridgehead atoms. The summed E-state index contributed by atoms with van der Waals surface area (Å²) in [5.74, 6) is -2.20. The number of alkyl halides is 3. The number of rotatable bonds is 8. The molecule has 0 amide bonds. The normalized spacial score (nSPS) is 12.5. The summed E-state index contributed by atoms with van der Waals surface area (Å²) in [6.45, 7) is -0.293. The van der Waals surface area contributed by atoms with Crippen LogP contribution in [0.1, 0.15) is 15.9 Å². The molecule has 3 aromatic rings. The highest BCUT2D eigenvalue weighted by Crippen LogP contribution is 2.28. The molecule has 0 N–H and O–H groups in total. The average molecular weight is 471 g/mol. The molecule has 3 rings (SSSR count). The first-order valence-corrected chi connectivity index (χ1v) is 10.0. The van der Waals surface area contributed by atoms with Crippen molar-refractivity contribution in [1.82, 2.24) is 0 Å².